The molecule has 0 amide bonds. The highest BCUT2D eigenvalue weighted by molar-refractivity contribution is 7.89. The summed E-state index contributed by atoms with van der Waals surface area (Å²) in [5, 5.41) is 10.6. The van der Waals surface area contributed by atoms with Gasteiger partial charge in [0.25, 0.3) is 0 Å². The van der Waals surface area contributed by atoms with E-state index in [0.29, 0.717) is 5.02 Å². The van der Waals surface area contributed by atoms with Crippen molar-refractivity contribution < 1.29 is 8.42 Å². The van der Waals surface area contributed by atoms with Crippen molar-refractivity contribution in [3.05, 3.63) is 90.0 Å². The molecular formula is C21H16ClN3O2S. The highest BCUT2D eigenvalue weighted by Gasteiger charge is 2.14. The molecule has 0 aliphatic carbocycles. The number of benzene rings is 3. The van der Waals surface area contributed by atoms with Gasteiger partial charge in [-0.3, -0.25) is 0 Å². The Balaban J connectivity index is 1.87. The predicted molar refractivity (Wildman–Crippen MR) is 111 cm³/mol. The molecule has 0 saturated heterocycles. The van der Waals surface area contributed by atoms with E-state index >= 15 is 0 Å². The lowest BCUT2D eigenvalue weighted by Gasteiger charge is -2.08. The number of rotatable bonds is 4. The summed E-state index contributed by atoms with van der Waals surface area (Å²) in [7, 11) is -3.75. The molecule has 0 radical (unpaired) electrons. The third-order valence-corrected chi connectivity index (χ3v) is 5.51. The molecule has 2 N–H and O–H groups in total. The second-order valence-corrected chi connectivity index (χ2v) is 8.24. The molecule has 7 heteroatoms. The van der Waals surface area contributed by atoms with E-state index in [9.17, 15) is 8.42 Å². The van der Waals surface area contributed by atoms with Gasteiger partial charge in [0.2, 0.25) is 10.0 Å². The van der Waals surface area contributed by atoms with Gasteiger partial charge in [0.1, 0.15) is 0 Å². The van der Waals surface area contributed by atoms with Gasteiger partial charge in [0.05, 0.1) is 22.0 Å². The van der Waals surface area contributed by atoms with E-state index in [-0.39, 0.29) is 4.90 Å². The summed E-state index contributed by atoms with van der Waals surface area (Å²) in [6.07, 6.45) is 0. The van der Waals surface area contributed by atoms with E-state index in [4.69, 9.17) is 21.8 Å². The molecule has 0 atom stereocenters. The molecule has 0 unspecified atom stereocenters. The van der Waals surface area contributed by atoms with Crippen LogP contribution in [0.15, 0.2) is 89.8 Å². The second kappa shape index (κ2) is 7.24. The van der Waals surface area contributed by atoms with E-state index in [0.717, 1.165) is 28.2 Å². The number of nitrogens with zero attached hydrogens (tertiary/aromatic N) is 2. The van der Waals surface area contributed by atoms with Gasteiger partial charge < -0.3 is 0 Å². The van der Waals surface area contributed by atoms with Crippen LogP contribution in [0.1, 0.15) is 0 Å². The van der Waals surface area contributed by atoms with Crippen LogP contribution < -0.4 is 5.14 Å². The Bertz CT molecular complexity index is 1220. The zero-order valence-electron chi connectivity index (χ0n) is 14.7. The van der Waals surface area contributed by atoms with Crippen molar-refractivity contribution in [2.24, 2.45) is 5.14 Å². The van der Waals surface area contributed by atoms with Crippen molar-refractivity contribution in [3.8, 4) is 28.2 Å². The van der Waals surface area contributed by atoms with E-state index in [1.807, 2.05) is 60.7 Å². The lowest BCUT2D eigenvalue weighted by Crippen LogP contribution is -2.12. The number of aromatic nitrogens is 2. The maximum atomic E-state index is 11.5. The highest BCUT2D eigenvalue weighted by Crippen LogP contribution is 2.29. The topological polar surface area (TPSA) is 78.0 Å². The summed E-state index contributed by atoms with van der Waals surface area (Å²) in [6.45, 7) is 0. The Morgan fingerprint density at radius 2 is 1.46 bits per heavy atom. The molecule has 0 bridgehead atoms. The molecule has 140 valence electrons. The Kier molecular flexibility index (Phi) is 4.77. The molecule has 0 spiro atoms. The zero-order valence-corrected chi connectivity index (χ0v) is 16.2. The SMILES string of the molecule is NS(=O)(=O)c1ccc(-n2nc(-c3ccccc3)cc2-c2ccc(Cl)cc2)cc1. The maximum absolute atomic E-state index is 11.5. The van der Waals surface area contributed by atoms with Gasteiger partial charge in [-0.2, -0.15) is 5.10 Å². The monoisotopic (exact) mass is 409 g/mol. The highest BCUT2D eigenvalue weighted by atomic mass is 35.5. The molecule has 1 aromatic heterocycles. The standard InChI is InChI=1S/C21H16ClN3O2S/c22-17-8-6-16(7-9-17)21-14-20(15-4-2-1-3-5-15)24-25(21)18-10-12-19(13-11-18)28(23,26)27/h1-14H,(H2,23,26,27). The zero-order chi connectivity index (χ0) is 19.7. The fraction of sp³-hybridized carbons (Fsp3) is 0. The predicted octanol–water partition coefficient (Wildman–Crippen LogP) is 4.51. The van der Waals surface area contributed by atoms with E-state index in [2.05, 4.69) is 0 Å². The number of primary sulfonamides is 1. The van der Waals surface area contributed by atoms with Crippen LogP contribution in [0.25, 0.3) is 28.2 Å². The summed E-state index contributed by atoms with van der Waals surface area (Å²) >= 11 is 6.03. The Morgan fingerprint density at radius 3 is 2.07 bits per heavy atom. The van der Waals surface area contributed by atoms with Crippen LogP contribution in [0.3, 0.4) is 0 Å². The van der Waals surface area contributed by atoms with Crippen molar-refractivity contribution in [1.82, 2.24) is 9.78 Å². The first-order valence-electron chi connectivity index (χ1n) is 8.46. The van der Waals surface area contributed by atoms with Crippen molar-refractivity contribution in [1.29, 1.82) is 0 Å². The average molecular weight is 410 g/mol. The Morgan fingerprint density at radius 1 is 0.821 bits per heavy atom. The largest absolute Gasteiger partial charge is 0.238 e. The first-order valence-corrected chi connectivity index (χ1v) is 10.4. The minimum Gasteiger partial charge on any atom is -0.232 e. The van der Waals surface area contributed by atoms with E-state index in [1.165, 1.54) is 12.1 Å². The maximum Gasteiger partial charge on any atom is 0.238 e. The summed E-state index contributed by atoms with van der Waals surface area (Å²) in [6, 6.07) is 25.6. The van der Waals surface area contributed by atoms with Gasteiger partial charge >= 0.3 is 0 Å². The number of nitrogens with two attached hydrogens (primary N) is 1. The van der Waals surface area contributed by atoms with Gasteiger partial charge in [0, 0.05) is 16.1 Å². The molecule has 4 rings (SSSR count). The van der Waals surface area contributed by atoms with Gasteiger partial charge in [-0.25, -0.2) is 18.2 Å². The fourth-order valence-corrected chi connectivity index (χ4v) is 3.57. The molecular weight excluding hydrogens is 394 g/mol. The molecule has 0 fully saturated rings. The van der Waals surface area contributed by atoms with Crippen LogP contribution in [0.5, 0.6) is 0 Å². The molecule has 28 heavy (non-hydrogen) atoms. The lowest BCUT2D eigenvalue weighted by molar-refractivity contribution is 0.598. The van der Waals surface area contributed by atoms with Crippen LogP contribution in [-0.2, 0) is 10.0 Å². The van der Waals surface area contributed by atoms with Crippen LogP contribution in [0.2, 0.25) is 5.02 Å². The van der Waals surface area contributed by atoms with Crippen molar-refractivity contribution in [3.63, 3.8) is 0 Å². The minimum absolute atomic E-state index is 0.0553. The molecule has 0 saturated carbocycles. The molecule has 0 aliphatic heterocycles. The smallest absolute Gasteiger partial charge is 0.232 e. The molecule has 1 heterocycles. The summed E-state index contributed by atoms with van der Waals surface area (Å²) in [5.74, 6) is 0. The van der Waals surface area contributed by atoms with Crippen LogP contribution in [-0.4, -0.2) is 18.2 Å². The normalized spacial score (nSPS) is 11.5. The summed E-state index contributed by atoms with van der Waals surface area (Å²) in [4.78, 5) is 0.0553. The summed E-state index contributed by atoms with van der Waals surface area (Å²) < 4.78 is 24.8. The quantitative estimate of drug-likeness (QED) is 0.538. The number of hydrogen-bond acceptors (Lipinski definition) is 3. The first-order chi connectivity index (χ1) is 13.4. The first kappa shape index (κ1) is 18.4. The Hall–Kier alpha value is -2.93. The van der Waals surface area contributed by atoms with Gasteiger partial charge in [0.15, 0.2) is 0 Å². The fourth-order valence-electron chi connectivity index (χ4n) is 2.93. The van der Waals surface area contributed by atoms with E-state index in [1.54, 1.807) is 16.8 Å². The molecule has 4 aromatic rings. The second-order valence-electron chi connectivity index (χ2n) is 6.24. The third-order valence-electron chi connectivity index (χ3n) is 4.33. The number of halogens is 1. The average Bonchev–Trinajstić information content (AvgIpc) is 3.14. The van der Waals surface area contributed by atoms with Gasteiger partial charge in [-0.1, -0.05) is 54.1 Å². The lowest BCUT2D eigenvalue weighted by atomic mass is 10.1. The van der Waals surface area contributed by atoms with Gasteiger partial charge in [-0.15, -0.1) is 0 Å². The number of hydrogen-bond donors (Lipinski definition) is 1. The van der Waals surface area contributed by atoms with Crippen LogP contribution >= 0.6 is 11.6 Å². The van der Waals surface area contributed by atoms with Crippen molar-refractivity contribution in [2.45, 2.75) is 4.90 Å². The Labute approximate surface area is 168 Å². The van der Waals surface area contributed by atoms with Gasteiger partial charge in [-0.05, 0) is 42.5 Å². The molecule has 3 aromatic carbocycles. The van der Waals surface area contributed by atoms with Crippen LogP contribution in [0, 0.1) is 0 Å². The van der Waals surface area contributed by atoms with E-state index < -0.39 is 10.0 Å². The van der Waals surface area contributed by atoms with Crippen molar-refractivity contribution in [2.75, 3.05) is 0 Å². The third kappa shape index (κ3) is 3.71. The number of sulfonamides is 1. The molecule has 0 aliphatic rings. The summed E-state index contributed by atoms with van der Waals surface area (Å²) in [5.41, 5.74) is 4.31. The molecule has 5 nitrogen and oxygen atoms in total. The van der Waals surface area contributed by atoms with Crippen molar-refractivity contribution >= 4 is 21.6 Å². The minimum atomic E-state index is -3.75. The van der Waals surface area contributed by atoms with Crippen LogP contribution in [0.4, 0.5) is 0 Å².